The molecule has 0 atom stereocenters. The summed E-state index contributed by atoms with van der Waals surface area (Å²) in [5, 5.41) is 6.13. The van der Waals surface area contributed by atoms with Crippen LogP contribution < -0.4 is 15.4 Å². The zero-order valence-corrected chi connectivity index (χ0v) is 22.0. The van der Waals surface area contributed by atoms with Crippen LogP contribution in [-0.2, 0) is 29.2 Å². The van der Waals surface area contributed by atoms with E-state index < -0.39 is 0 Å². The van der Waals surface area contributed by atoms with E-state index >= 15 is 0 Å². The molecule has 0 aromatic heterocycles. The van der Waals surface area contributed by atoms with Crippen molar-refractivity contribution in [1.82, 2.24) is 15.5 Å². The first-order valence-electron chi connectivity index (χ1n) is 13.1. The summed E-state index contributed by atoms with van der Waals surface area (Å²) in [7, 11) is 1.67. The average Bonchev–Trinajstić information content (AvgIpc) is 2.87. The second-order valence-electron chi connectivity index (χ2n) is 9.82. The minimum Gasteiger partial charge on any atom is -0.493 e. The van der Waals surface area contributed by atoms with Gasteiger partial charge in [0.1, 0.15) is 5.75 Å². The number of carbonyl (C=O) groups excluding carboxylic acids is 2. The molecule has 196 valence electrons. The van der Waals surface area contributed by atoms with Crippen molar-refractivity contribution in [2.24, 2.45) is 5.92 Å². The molecule has 0 unspecified atom stereocenters. The average molecular weight is 496 g/mol. The Balaban J connectivity index is 1.86. The van der Waals surface area contributed by atoms with Crippen LogP contribution in [0.3, 0.4) is 0 Å². The number of ether oxygens (including phenoxy) is 2. The minimum absolute atomic E-state index is 0.0251. The summed E-state index contributed by atoms with van der Waals surface area (Å²) in [6, 6.07) is 13.6. The predicted octanol–water partition coefficient (Wildman–Crippen LogP) is 4.29. The molecule has 0 aliphatic carbocycles. The van der Waals surface area contributed by atoms with Gasteiger partial charge < -0.3 is 20.1 Å². The third-order valence-electron chi connectivity index (χ3n) is 6.41. The SMILES string of the molecule is COCc1ccccc1CNC(=O)c1cccc2c1CN(CCC(C)C)CC(=O)NCCCCCO2. The fraction of sp³-hybridized carbons (Fsp3) is 0.517. The molecule has 0 radical (unpaired) electrons. The molecule has 36 heavy (non-hydrogen) atoms. The van der Waals surface area contributed by atoms with Gasteiger partial charge in [-0.15, -0.1) is 0 Å². The van der Waals surface area contributed by atoms with Crippen LogP contribution in [0, 0.1) is 5.92 Å². The molecule has 0 saturated heterocycles. The lowest BCUT2D eigenvalue weighted by molar-refractivity contribution is -0.122. The molecular weight excluding hydrogens is 454 g/mol. The van der Waals surface area contributed by atoms with E-state index in [-0.39, 0.29) is 11.8 Å². The Kier molecular flexibility index (Phi) is 11.2. The normalized spacial score (nSPS) is 15.6. The van der Waals surface area contributed by atoms with E-state index in [1.807, 2.05) is 42.5 Å². The molecule has 3 rings (SSSR count). The van der Waals surface area contributed by atoms with Crippen molar-refractivity contribution in [3.05, 3.63) is 64.7 Å². The van der Waals surface area contributed by atoms with Crippen LogP contribution in [0.1, 0.15) is 66.6 Å². The molecule has 1 heterocycles. The van der Waals surface area contributed by atoms with Gasteiger partial charge in [-0.2, -0.15) is 0 Å². The summed E-state index contributed by atoms with van der Waals surface area (Å²) in [4.78, 5) is 28.2. The number of nitrogens with one attached hydrogen (secondary N) is 2. The Morgan fingerprint density at radius 3 is 2.67 bits per heavy atom. The minimum atomic E-state index is -0.153. The maximum atomic E-state index is 13.4. The van der Waals surface area contributed by atoms with Gasteiger partial charge in [-0.3, -0.25) is 14.5 Å². The summed E-state index contributed by atoms with van der Waals surface area (Å²) in [5.41, 5.74) is 3.49. The molecule has 1 aliphatic rings. The molecule has 7 nitrogen and oxygen atoms in total. The number of methoxy groups -OCH3 is 1. The lowest BCUT2D eigenvalue weighted by Crippen LogP contribution is -2.38. The third kappa shape index (κ3) is 8.64. The molecule has 2 amide bonds. The molecule has 0 fully saturated rings. The predicted molar refractivity (Wildman–Crippen MR) is 142 cm³/mol. The van der Waals surface area contributed by atoms with Crippen LogP contribution in [0.2, 0.25) is 0 Å². The number of benzene rings is 2. The highest BCUT2D eigenvalue weighted by Crippen LogP contribution is 2.26. The second-order valence-corrected chi connectivity index (χ2v) is 9.82. The van der Waals surface area contributed by atoms with Gasteiger partial charge in [0, 0.05) is 37.9 Å². The topological polar surface area (TPSA) is 79.9 Å². The molecule has 7 heteroatoms. The van der Waals surface area contributed by atoms with Crippen molar-refractivity contribution in [1.29, 1.82) is 0 Å². The number of hydrogen-bond acceptors (Lipinski definition) is 5. The monoisotopic (exact) mass is 495 g/mol. The maximum Gasteiger partial charge on any atom is 0.252 e. The fourth-order valence-corrected chi connectivity index (χ4v) is 4.32. The van der Waals surface area contributed by atoms with Crippen LogP contribution in [-0.4, -0.2) is 50.1 Å². The van der Waals surface area contributed by atoms with E-state index in [4.69, 9.17) is 9.47 Å². The van der Waals surface area contributed by atoms with E-state index in [1.165, 1.54) is 0 Å². The zero-order valence-electron chi connectivity index (χ0n) is 22.0. The first kappa shape index (κ1) is 27.7. The molecule has 2 aromatic rings. The number of rotatable bonds is 8. The molecular formula is C29H41N3O4. The third-order valence-corrected chi connectivity index (χ3v) is 6.41. The first-order chi connectivity index (χ1) is 17.5. The van der Waals surface area contributed by atoms with E-state index in [9.17, 15) is 9.59 Å². The van der Waals surface area contributed by atoms with Gasteiger partial charge in [0.2, 0.25) is 5.91 Å². The Morgan fingerprint density at radius 2 is 1.89 bits per heavy atom. The maximum absolute atomic E-state index is 13.4. The van der Waals surface area contributed by atoms with Gasteiger partial charge >= 0.3 is 0 Å². The van der Waals surface area contributed by atoms with Crippen LogP contribution >= 0.6 is 0 Å². The number of hydrogen-bond donors (Lipinski definition) is 2. The van der Waals surface area contributed by atoms with Crippen molar-refractivity contribution in [2.45, 2.75) is 59.2 Å². The lowest BCUT2D eigenvalue weighted by Gasteiger charge is -2.25. The van der Waals surface area contributed by atoms with Crippen molar-refractivity contribution in [3.63, 3.8) is 0 Å². The number of nitrogens with zero attached hydrogens (tertiary/aromatic N) is 1. The highest BCUT2D eigenvalue weighted by molar-refractivity contribution is 5.96. The van der Waals surface area contributed by atoms with Crippen LogP contribution in [0.25, 0.3) is 0 Å². The zero-order chi connectivity index (χ0) is 25.8. The van der Waals surface area contributed by atoms with Gasteiger partial charge in [-0.1, -0.05) is 44.2 Å². The highest BCUT2D eigenvalue weighted by atomic mass is 16.5. The van der Waals surface area contributed by atoms with Gasteiger partial charge in [-0.25, -0.2) is 0 Å². The van der Waals surface area contributed by atoms with Crippen LogP contribution in [0.4, 0.5) is 0 Å². The number of carbonyl (C=O) groups is 2. The second kappa shape index (κ2) is 14.6. The van der Waals surface area contributed by atoms with Crippen LogP contribution in [0.5, 0.6) is 5.75 Å². The van der Waals surface area contributed by atoms with E-state index in [0.29, 0.717) is 50.9 Å². The van der Waals surface area contributed by atoms with Crippen molar-refractivity contribution >= 4 is 11.8 Å². The van der Waals surface area contributed by atoms with Gasteiger partial charge in [-0.05, 0) is 61.4 Å². The summed E-state index contributed by atoms with van der Waals surface area (Å²) in [6.07, 6.45) is 3.78. The molecule has 1 aliphatic heterocycles. The summed E-state index contributed by atoms with van der Waals surface area (Å²) in [5.74, 6) is 1.10. The van der Waals surface area contributed by atoms with E-state index in [0.717, 1.165) is 54.7 Å². The number of fused-ring (bicyclic) bond motifs is 1. The lowest BCUT2D eigenvalue weighted by atomic mass is 10.0. The van der Waals surface area contributed by atoms with Crippen molar-refractivity contribution < 1.29 is 19.1 Å². The van der Waals surface area contributed by atoms with Crippen molar-refractivity contribution in [3.8, 4) is 5.75 Å². The Bertz CT molecular complexity index is 992. The molecule has 0 bridgehead atoms. The number of amides is 2. The first-order valence-corrected chi connectivity index (χ1v) is 13.1. The largest absolute Gasteiger partial charge is 0.493 e. The Morgan fingerprint density at radius 1 is 1.08 bits per heavy atom. The quantitative estimate of drug-likeness (QED) is 0.571. The smallest absolute Gasteiger partial charge is 0.252 e. The summed E-state index contributed by atoms with van der Waals surface area (Å²) >= 11 is 0. The molecule has 2 aromatic carbocycles. The Labute approximate surface area is 215 Å². The fourth-order valence-electron chi connectivity index (χ4n) is 4.32. The highest BCUT2D eigenvalue weighted by Gasteiger charge is 2.21. The van der Waals surface area contributed by atoms with Crippen LogP contribution in [0.15, 0.2) is 42.5 Å². The molecule has 2 N–H and O–H groups in total. The summed E-state index contributed by atoms with van der Waals surface area (Å²) < 4.78 is 11.5. The van der Waals surface area contributed by atoms with E-state index in [1.54, 1.807) is 7.11 Å². The summed E-state index contributed by atoms with van der Waals surface area (Å²) in [6.45, 7) is 8.06. The van der Waals surface area contributed by atoms with Gasteiger partial charge in [0.05, 0.1) is 19.8 Å². The van der Waals surface area contributed by atoms with Gasteiger partial charge in [0.15, 0.2) is 0 Å². The molecule has 0 saturated carbocycles. The van der Waals surface area contributed by atoms with Gasteiger partial charge in [0.25, 0.3) is 5.91 Å². The van der Waals surface area contributed by atoms with Crippen molar-refractivity contribution in [2.75, 3.05) is 33.4 Å². The van der Waals surface area contributed by atoms with E-state index in [2.05, 4.69) is 29.4 Å². The molecule has 0 spiro atoms. The Hall–Kier alpha value is -2.90. The standard InChI is InChI=1S/C29H41N3O4/c1-22(2)14-16-32-19-26-25(29(34)31-18-23-10-5-6-11-24(23)21-35-3)12-9-13-27(26)36-17-8-4-7-15-30-28(33)20-32/h5-6,9-13,22H,4,7-8,14-21H2,1-3H3,(H,30,33)(H,31,34).